The summed E-state index contributed by atoms with van der Waals surface area (Å²) in [6.07, 6.45) is 1.90. The first-order valence-electron chi connectivity index (χ1n) is 2.48. The van der Waals surface area contributed by atoms with Crippen molar-refractivity contribution in [3.63, 3.8) is 0 Å². The summed E-state index contributed by atoms with van der Waals surface area (Å²) in [5, 5.41) is -0.163. The third-order valence-corrected chi connectivity index (χ3v) is 1.34. The maximum atomic E-state index is 10.5. The highest BCUT2D eigenvalue weighted by atomic mass is 35.5. The third-order valence-electron chi connectivity index (χ3n) is 0.692. The molecular weight excluding hydrogens is 194 g/mol. The number of aromatic nitrogens is 1. The van der Waals surface area contributed by atoms with Crippen LogP contribution in [0.25, 0.3) is 0 Å². The van der Waals surface area contributed by atoms with Crippen molar-refractivity contribution >= 4 is 21.7 Å². The van der Waals surface area contributed by atoms with Crippen LogP contribution in [0.1, 0.15) is 0 Å². The molecule has 0 aliphatic carbocycles. The van der Waals surface area contributed by atoms with Gasteiger partial charge in [-0.1, -0.05) is 0 Å². The van der Waals surface area contributed by atoms with Crippen LogP contribution in [-0.2, 0) is 10.1 Å². The van der Waals surface area contributed by atoms with Crippen molar-refractivity contribution in [3.8, 4) is 5.88 Å². The van der Waals surface area contributed by atoms with Crippen LogP contribution in [0, 0.1) is 0 Å². The molecule has 0 aliphatic heterocycles. The molecule has 0 atom stereocenters. The van der Waals surface area contributed by atoms with Crippen LogP contribution in [0.2, 0.25) is 5.35 Å². The molecule has 0 saturated carbocycles. The van der Waals surface area contributed by atoms with Crippen LogP contribution in [0.5, 0.6) is 5.88 Å². The molecule has 5 nitrogen and oxygen atoms in total. The summed E-state index contributed by atoms with van der Waals surface area (Å²) in [4.78, 5) is 3.39. The van der Waals surface area contributed by atoms with Crippen LogP contribution >= 0.6 is 11.6 Å². The fraction of sp³-hybridized carbons (Fsp3) is 0.250. The number of oxazole rings is 1. The van der Waals surface area contributed by atoms with Crippen molar-refractivity contribution in [1.82, 2.24) is 4.98 Å². The monoisotopic (exact) mass is 197 g/mol. The van der Waals surface area contributed by atoms with Gasteiger partial charge in [0.15, 0.2) is 6.26 Å². The van der Waals surface area contributed by atoms with E-state index in [-0.39, 0.29) is 11.2 Å². The SMILES string of the molecule is CS(=O)(=O)Oc1coc(Cl)n1. The largest absolute Gasteiger partial charge is 0.432 e. The summed E-state index contributed by atoms with van der Waals surface area (Å²) in [6.45, 7) is 0. The van der Waals surface area contributed by atoms with Crippen LogP contribution in [0.3, 0.4) is 0 Å². The minimum absolute atomic E-state index is 0.163. The molecule has 0 aliphatic rings. The van der Waals surface area contributed by atoms with Gasteiger partial charge in [-0.3, -0.25) is 0 Å². The average molecular weight is 198 g/mol. The van der Waals surface area contributed by atoms with Gasteiger partial charge in [-0.05, 0) is 11.6 Å². The first kappa shape index (κ1) is 8.35. The molecule has 7 heteroatoms. The molecule has 0 unspecified atom stereocenters. The molecule has 1 rings (SSSR count). The highest BCUT2D eigenvalue weighted by Crippen LogP contribution is 2.14. The molecule has 0 saturated heterocycles. The Balaban J connectivity index is 2.81. The van der Waals surface area contributed by atoms with Crippen molar-refractivity contribution in [2.75, 3.05) is 6.26 Å². The number of nitrogens with zero attached hydrogens (tertiary/aromatic N) is 1. The number of hydrogen-bond donors (Lipinski definition) is 0. The first-order chi connectivity index (χ1) is 4.97. The zero-order chi connectivity index (χ0) is 8.48. The molecule has 1 heterocycles. The smallest absolute Gasteiger partial charge is 0.307 e. The minimum atomic E-state index is -3.54. The zero-order valence-corrected chi connectivity index (χ0v) is 7.02. The molecule has 1 aromatic heterocycles. The van der Waals surface area contributed by atoms with E-state index in [4.69, 9.17) is 11.6 Å². The van der Waals surface area contributed by atoms with E-state index in [1.54, 1.807) is 0 Å². The Bertz CT molecular complexity index is 343. The topological polar surface area (TPSA) is 69.4 Å². The molecule has 0 N–H and O–H groups in total. The first-order valence-corrected chi connectivity index (χ1v) is 4.67. The quantitative estimate of drug-likeness (QED) is 0.652. The van der Waals surface area contributed by atoms with Gasteiger partial charge in [0.1, 0.15) is 0 Å². The van der Waals surface area contributed by atoms with E-state index in [1.807, 2.05) is 0 Å². The second-order valence-corrected chi connectivity index (χ2v) is 3.62. The predicted octanol–water partition coefficient (Wildman–Crippen LogP) is 0.666. The van der Waals surface area contributed by atoms with Crippen LogP contribution in [-0.4, -0.2) is 19.7 Å². The van der Waals surface area contributed by atoms with Crippen LogP contribution < -0.4 is 4.18 Å². The molecule has 11 heavy (non-hydrogen) atoms. The summed E-state index contributed by atoms with van der Waals surface area (Å²) in [7, 11) is -3.54. The Morgan fingerprint density at radius 1 is 1.73 bits per heavy atom. The van der Waals surface area contributed by atoms with Crippen molar-refractivity contribution in [3.05, 3.63) is 11.6 Å². The lowest BCUT2D eigenvalue weighted by atomic mass is 10.9. The summed E-state index contributed by atoms with van der Waals surface area (Å²) in [5.41, 5.74) is 0. The predicted molar refractivity (Wildman–Crippen MR) is 37.0 cm³/mol. The van der Waals surface area contributed by atoms with Gasteiger partial charge in [-0.15, -0.1) is 0 Å². The maximum absolute atomic E-state index is 10.5. The summed E-state index contributed by atoms with van der Waals surface area (Å²) >= 11 is 5.24. The van der Waals surface area contributed by atoms with Gasteiger partial charge in [-0.2, -0.15) is 13.4 Å². The Morgan fingerprint density at radius 3 is 2.73 bits per heavy atom. The minimum Gasteiger partial charge on any atom is -0.432 e. The van der Waals surface area contributed by atoms with Gasteiger partial charge >= 0.3 is 10.1 Å². The van der Waals surface area contributed by atoms with E-state index in [2.05, 4.69) is 13.6 Å². The Kier molecular flexibility index (Phi) is 2.05. The summed E-state index contributed by atoms with van der Waals surface area (Å²) in [5.74, 6) is -0.169. The van der Waals surface area contributed by atoms with Gasteiger partial charge in [0, 0.05) is 0 Å². The normalized spacial score (nSPS) is 11.5. The summed E-state index contributed by atoms with van der Waals surface area (Å²) < 4.78 is 29.7. The fourth-order valence-electron chi connectivity index (χ4n) is 0.432. The van der Waals surface area contributed by atoms with Gasteiger partial charge in [0.25, 0.3) is 11.2 Å². The highest BCUT2D eigenvalue weighted by molar-refractivity contribution is 7.86. The van der Waals surface area contributed by atoms with Crippen LogP contribution in [0.4, 0.5) is 0 Å². The van der Waals surface area contributed by atoms with E-state index in [9.17, 15) is 8.42 Å². The highest BCUT2D eigenvalue weighted by Gasteiger charge is 2.08. The maximum Gasteiger partial charge on any atom is 0.307 e. The van der Waals surface area contributed by atoms with Gasteiger partial charge in [-0.25, -0.2) is 0 Å². The van der Waals surface area contributed by atoms with Crippen molar-refractivity contribution in [2.45, 2.75) is 0 Å². The Hall–Kier alpha value is -0.750. The van der Waals surface area contributed by atoms with Crippen molar-refractivity contribution < 1.29 is 17.0 Å². The lowest BCUT2D eigenvalue weighted by molar-refractivity contribution is 0.478. The average Bonchev–Trinajstić information content (AvgIpc) is 2.10. The van der Waals surface area contributed by atoms with Gasteiger partial charge in [0.05, 0.1) is 6.26 Å². The second kappa shape index (κ2) is 2.71. The van der Waals surface area contributed by atoms with E-state index in [0.717, 1.165) is 12.5 Å². The summed E-state index contributed by atoms with van der Waals surface area (Å²) in [6, 6.07) is 0. The second-order valence-electron chi connectivity index (χ2n) is 1.73. The van der Waals surface area contributed by atoms with E-state index in [0.29, 0.717) is 0 Å². The molecule has 0 amide bonds. The molecular formula is C4H4ClNO4S. The van der Waals surface area contributed by atoms with Gasteiger partial charge in [0.2, 0.25) is 0 Å². The molecule has 0 radical (unpaired) electrons. The van der Waals surface area contributed by atoms with Crippen molar-refractivity contribution in [1.29, 1.82) is 0 Å². The molecule has 0 bridgehead atoms. The lowest BCUT2D eigenvalue weighted by Crippen LogP contribution is -2.05. The molecule has 62 valence electrons. The standard InChI is InChI=1S/C4H4ClNO4S/c1-11(7,8)10-3-2-9-4(5)6-3/h2H,1H3. The van der Waals surface area contributed by atoms with E-state index >= 15 is 0 Å². The lowest BCUT2D eigenvalue weighted by Gasteiger charge is -1.93. The Morgan fingerprint density at radius 2 is 2.36 bits per heavy atom. The molecule has 0 fully saturated rings. The number of hydrogen-bond acceptors (Lipinski definition) is 5. The third kappa shape index (κ3) is 2.77. The zero-order valence-electron chi connectivity index (χ0n) is 5.44. The molecule has 0 aromatic carbocycles. The van der Waals surface area contributed by atoms with Crippen molar-refractivity contribution in [2.24, 2.45) is 0 Å². The number of halogens is 1. The Labute approximate surface area is 68.1 Å². The molecule has 1 aromatic rings. The van der Waals surface area contributed by atoms with Gasteiger partial charge < -0.3 is 8.60 Å². The van der Waals surface area contributed by atoms with E-state index < -0.39 is 10.1 Å². The molecule has 0 spiro atoms. The number of rotatable bonds is 2. The van der Waals surface area contributed by atoms with E-state index in [1.165, 1.54) is 0 Å². The van der Waals surface area contributed by atoms with Crippen LogP contribution in [0.15, 0.2) is 10.7 Å². The fourth-order valence-corrected chi connectivity index (χ4v) is 0.946.